The first kappa shape index (κ1) is 30.1. The molecule has 228 valence electrons. The van der Waals surface area contributed by atoms with Gasteiger partial charge in [0.05, 0.1) is 17.6 Å². The summed E-state index contributed by atoms with van der Waals surface area (Å²) in [6.45, 7) is 3.07. The summed E-state index contributed by atoms with van der Waals surface area (Å²) in [6, 6.07) is 4.29. The first-order chi connectivity index (χ1) is 19.5. The van der Waals surface area contributed by atoms with E-state index in [9.17, 15) is 27.9 Å². The molecule has 0 bridgehead atoms. The predicted octanol–water partition coefficient (Wildman–Crippen LogP) is 4.37. The van der Waals surface area contributed by atoms with E-state index in [1.54, 1.807) is 20.3 Å². The van der Waals surface area contributed by atoms with Crippen LogP contribution in [0.15, 0.2) is 18.2 Å². The average molecular weight is 582 g/mol. The summed E-state index contributed by atoms with van der Waals surface area (Å²) in [7, 11) is 3.36. The lowest BCUT2D eigenvalue weighted by Crippen LogP contribution is -2.52. The van der Waals surface area contributed by atoms with E-state index in [2.05, 4.69) is 4.90 Å². The van der Waals surface area contributed by atoms with E-state index in [0.29, 0.717) is 76.2 Å². The van der Waals surface area contributed by atoms with Crippen molar-refractivity contribution in [2.24, 2.45) is 5.92 Å². The number of anilines is 1. The Morgan fingerprint density at radius 1 is 0.976 bits per heavy atom. The lowest BCUT2D eigenvalue weighted by molar-refractivity contribution is -0.152. The number of piperidine rings is 1. The van der Waals surface area contributed by atoms with Crippen molar-refractivity contribution in [3.05, 3.63) is 29.3 Å². The summed E-state index contributed by atoms with van der Waals surface area (Å²) in [5, 5.41) is 9.37. The second-order valence-corrected chi connectivity index (χ2v) is 12.2. The number of ether oxygens (including phenoxy) is 2. The molecule has 0 radical (unpaired) electrons. The molecular weight excluding hydrogens is 539 g/mol. The maximum absolute atomic E-state index is 13.9. The third-order valence-corrected chi connectivity index (χ3v) is 9.99. The van der Waals surface area contributed by atoms with Gasteiger partial charge < -0.3 is 24.4 Å². The van der Waals surface area contributed by atoms with Crippen LogP contribution in [0, 0.1) is 5.92 Å². The molecule has 3 saturated heterocycles. The molecule has 2 atom stereocenters. The molecule has 1 aliphatic carbocycles. The number of halogens is 3. The highest BCUT2D eigenvalue weighted by Gasteiger charge is 2.50. The van der Waals surface area contributed by atoms with Crippen molar-refractivity contribution in [3.8, 4) is 0 Å². The molecule has 0 spiro atoms. The van der Waals surface area contributed by atoms with Crippen LogP contribution < -0.4 is 4.90 Å². The number of likely N-dealkylation sites (tertiary alicyclic amines) is 2. The van der Waals surface area contributed by atoms with Gasteiger partial charge in [-0.15, -0.1) is 0 Å². The largest absolute Gasteiger partial charge is 0.481 e. The van der Waals surface area contributed by atoms with Crippen LogP contribution in [0.25, 0.3) is 0 Å². The van der Waals surface area contributed by atoms with Crippen LogP contribution in [0.2, 0.25) is 0 Å². The number of aliphatic carboxylic acids is 1. The number of benzene rings is 1. The van der Waals surface area contributed by atoms with Gasteiger partial charge in [0.2, 0.25) is 0 Å². The van der Waals surface area contributed by atoms with Gasteiger partial charge in [0.25, 0.3) is 5.91 Å². The van der Waals surface area contributed by atoms with Gasteiger partial charge in [0.15, 0.2) is 5.60 Å². The molecule has 0 aromatic heterocycles. The number of hydrogen-bond donors (Lipinski definition) is 1. The van der Waals surface area contributed by atoms with Gasteiger partial charge in [-0.3, -0.25) is 14.5 Å². The van der Waals surface area contributed by atoms with E-state index in [-0.39, 0.29) is 11.8 Å². The van der Waals surface area contributed by atoms with Crippen molar-refractivity contribution in [1.82, 2.24) is 9.80 Å². The fourth-order valence-corrected chi connectivity index (χ4v) is 7.39. The number of amides is 1. The standard InChI is InChI=1S/C30H42F3N3O5/c1-40-24-6-4-23(5-7-24)36-16-12-29(19-36,41-2)28(39)35-15-11-21(18-35)25-8-3-22(30(31,32)33)17-26(25)34-13-9-20(10-14-34)27(37)38/h3,8,17,20-21,23-24H,4-7,9-16,18-19H2,1-2H3,(H,37,38)/t21-,23?,24?,29-/m1/s1. The fraction of sp³-hybridized carbons (Fsp3) is 0.733. The highest BCUT2D eigenvalue weighted by molar-refractivity contribution is 5.86. The minimum Gasteiger partial charge on any atom is -0.481 e. The van der Waals surface area contributed by atoms with E-state index in [0.717, 1.165) is 43.9 Å². The maximum Gasteiger partial charge on any atom is 0.416 e. The zero-order valence-electron chi connectivity index (χ0n) is 24.0. The molecule has 1 N–H and O–H groups in total. The third-order valence-electron chi connectivity index (χ3n) is 9.99. The number of carboxylic acids is 1. The molecular formula is C30H42F3N3O5. The number of carbonyl (C=O) groups excluding carboxylic acids is 1. The first-order valence-electron chi connectivity index (χ1n) is 14.8. The number of nitrogens with zero attached hydrogens (tertiary/aromatic N) is 3. The van der Waals surface area contributed by atoms with Crippen molar-refractivity contribution in [1.29, 1.82) is 0 Å². The van der Waals surface area contributed by atoms with E-state index in [1.807, 2.05) is 9.80 Å². The van der Waals surface area contributed by atoms with Crippen molar-refractivity contribution >= 4 is 17.6 Å². The first-order valence-corrected chi connectivity index (χ1v) is 14.8. The van der Waals surface area contributed by atoms with Crippen LogP contribution in [0.5, 0.6) is 0 Å². The molecule has 1 aromatic rings. The van der Waals surface area contributed by atoms with Crippen molar-refractivity contribution in [2.75, 3.05) is 58.4 Å². The molecule has 1 amide bonds. The SMILES string of the molecule is COC1CCC(N2CC[C@](OC)(C(=O)N3CC[C@@H](c4ccc(C(F)(F)F)cc4N4CCC(C(=O)O)CC4)C3)C2)CC1. The van der Waals surface area contributed by atoms with Crippen LogP contribution in [-0.2, 0) is 25.2 Å². The minimum atomic E-state index is -4.48. The van der Waals surface area contributed by atoms with Crippen molar-refractivity contribution in [2.45, 2.75) is 81.2 Å². The van der Waals surface area contributed by atoms with Crippen molar-refractivity contribution in [3.63, 3.8) is 0 Å². The van der Waals surface area contributed by atoms with Gasteiger partial charge in [-0.2, -0.15) is 13.2 Å². The Morgan fingerprint density at radius 3 is 2.29 bits per heavy atom. The molecule has 41 heavy (non-hydrogen) atoms. The Morgan fingerprint density at radius 2 is 1.68 bits per heavy atom. The third kappa shape index (κ3) is 6.22. The normalized spacial score (nSPS) is 30.2. The molecule has 0 unspecified atom stereocenters. The average Bonchev–Trinajstić information content (AvgIpc) is 3.65. The van der Waals surface area contributed by atoms with Crippen LogP contribution in [-0.4, -0.2) is 98.0 Å². The number of methoxy groups -OCH3 is 2. The fourth-order valence-electron chi connectivity index (χ4n) is 7.39. The molecule has 1 saturated carbocycles. The van der Waals surface area contributed by atoms with E-state index < -0.39 is 29.2 Å². The Bertz CT molecular complexity index is 1100. The van der Waals surface area contributed by atoms with Crippen LogP contribution in [0.4, 0.5) is 18.9 Å². The topological polar surface area (TPSA) is 82.6 Å². The van der Waals surface area contributed by atoms with E-state index >= 15 is 0 Å². The monoisotopic (exact) mass is 581 g/mol. The number of rotatable bonds is 7. The van der Waals surface area contributed by atoms with E-state index in [4.69, 9.17) is 9.47 Å². The van der Waals surface area contributed by atoms with Crippen LogP contribution in [0.3, 0.4) is 0 Å². The predicted molar refractivity (Wildman–Crippen MR) is 147 cm³/mol. The van der Waals surface area contributed by atoms with Gasteiger partial charge in [0, 0.05) is 71.1 Å². The minimum absolute atomic E-state index is 0.0358. The van der Waals surface area contributed by atoms with Gasteiger partial charge in [0.1, 0.15) is 0 Å². The molecule has 4 fully saturated rings. The molecule has 1 aromatic carbocycles. The summed E-state index contributed by atoms with van der Waals surface area (Å²) in [6.07, 6.45) is 2.00. The lowest BCUT2D eigenvalue weighted by Gasteiger charge is -2.36. The van der Waals surface area contributed by atoms with Gasteiger partial charge >= 0.3 is 12.1 Å². The van der Waals surface area contributed by atoms with Gasteiger partial charge in [-0.1, -0.05) is 6.07 Å². The smallest absolute Gasteiger partial charge is 0.416 e. The van der Waals surface area contributed by atoms with E-state index in [1.165, 1.54) is 6.07 Å². The molecule has 4 aliphatic rings. The Kier molecular flexibility index (Phi) is 8.87. The molecule has 8 nitrogen and oxygen atoms in total. The molecule has 11 heteroatoms. The van der Waals surface area contributed by atoms with Crippen LogP contribution >= 0.6 is 0 Å². The second kappa shape index (κ2) is 12.1. The summed E-state index contributed by atoms with van der Waals surface area (Å²) < 4.78 is 52.4. The lowest BCUT2D eigenvalue weighted by atomic mass is 9.91. The van der Waals surface area contributed by atoms with Crippen LogP contribution in [0.1, 0.15) is 68.4 Å². The summed E-state index contributed by atoms with van der Waals surface area (Å²) >= 11 is 0. The quantitative estimate of drug-likeness (QED) is 0.512. The zero-order valence-corrected chi connectivity index (χ0v) is 24.0. The highest BCUT2D eigenvalue weighted by Crippen LogP contribution is 2.41. The number of alkyl halides is 3. The summed E-state index contributed by atoms with van der Waals surface area (Å²) in [5.41, 5.74) is -0.333. The highest BCUT2D eigenvalue weighted by atomic mass is 19.4. The Labute approximate surface area is 239 Å². The number of hydrogen-bond acceptors (Lipinski definition) is 6. The number of carboxylic acid groups (broad SMARTS) is 1. The second-order valence-electron chi connectivity index (χ2n) is 12.2. The van der Waals surface area contributed by atoms with Gasteiger partial charge in [-0.05, 0) is 69.1 Å². The summed E-state index contributed by atoms with van der Waals surface area (Å²) in [4.78, 5) is 31.5. The van der Waals surface area contributed by atoms with Gasteiger partial charge in [-0.25, -0.2) is 0 Å². The zero-order chi connectivity index (χ0) is 29.4. The number of carbonyl (C=O) groups is 2. The summed E-state index contributed by atoms with van der Waals surface area (Å²) in [5.74, 6) is -1.49. The Hall–Kier alpha value is -2.37. The van der Waals surface area contributed by atoms with Crippen molar-refractivity contribution < 1.29 is 37.3 Å². The molecule has 5 rings (SSSR count). The molecule has 3 heterocycles. The Balaban J connectivity index is 1.29. The molecule has 3 aliphatic heterocycles. The maximum atomic E-state index is 13.9.